The normalized spacial score (nSPS) is 10.6. The molecule has 2 aromatic rings. The Morgan fingerprint density at radius 3 is 2.21 bits per heavy atom. The van der Waals surface area contributed by atoms with E-state index >= 15 is 0 Å². The van der Waals surface area contributed by atoms with E-state index in [9.17, 15) is 4.79 Å². The van der Waals surface area contributed by atoms with Crippen LogP contribution in [0.3, 0.4) is 0 Å². The largest absolute Gasteiger partial charge is 0.464 e. The van der Waals surface area contributed by atoms with Gasteiger partial charge in [-0.15, -0.1) is 0 Å². The number of hydrogen-bond donors (Lipinski definition) is 0. The zero-order chi connectivity index (χ0) is 14.2. The SMILES string of the molecule is COC(=O)c1cc(C)n(-c2c(C)cc(C)cc2C)n1. The van der Waals surface area contributed by atoms with Crippen LogP contribution in [0.15, 0.2) is 18.2 Å². The molecule has 0 bridgehead atoms. The first-order valence-corrected chi connectivity index (χ1v) is 6.17. The van der Waals surface area contributed by atoms with Gasteiger partial charge in [-0.3, -0.25) is 0 Å². The first kappa shape index (κ1) is 13.3. The molecule has 0 amide bonds. The van der Waals surface area contributed by atoms with Crippen LogP contribution in [0.5, 0.6) is 0 Å². The highest BCUT2D eigenvalue weighted by atomic mass is 16.5. The van der Waals surface area contributed by atoms with Crippen molar-refractivity contribution in [3.8, 4) is 5.69 Å². The summed E-state index contributed by atoms with van der Waals surface area (Å²) >= 11 is 0. The van der Waals surface area contributed by atoms with Crippen LogP contribution in [0.25, 0.3) is 5.69 Å². The molecule has 4 nitrogen and oxygen atoms in total. The Hall–Kier alpha value is -2.10. The molecule has 0 atom stereocenters. The Morgan fingerprint density at radius 1 is 1.11 bits per heavy atom. The third kappa shape index (κ3) is 2.38. The summed E-state index contributed by atoms with van der Waals surface area (Å²) in [4.78, 5) is 11.5. The lowest BCUT2D eigenvalue weighted by atomic mass is 10.1. The topological polar surface area (TPSA) is 44.1 Å². The number of carbonyl (C=O) groups is 1. The number of benzene rings is 1. The molecule has 0 saturated carbocycles. The van der Waals surface area contributed by atoms with Crippen molar-refractivity contribution >= 4 is 5.97 Å². The smallest absolute Gasteiger partial charge is 0.358 e. The summed E-state index contributed by atoms with van der Waals surface area (Å²) in [5.41, 5.74) is 5.77. The summed E-state index contributed by atoms with van der Waals surface area (Å²) in [6.45, 7) is 8.10. The number of aromatic nitrogens is 2. The van der Waals surface area contributed by atoms with Crippen LogP contribution in [-0.4, -0.2) is 22.9 Å². The molecule has 0 saturated heterocycles. The van der Waals surface area contributed by atoms with Gasteiger partial charge in [0.15, 0.2) is 5.69 Å². The van der Waals surface area contributed by atoms with Crippen molar-refractivity contribution in [3.63, 3.8) is 0 Å². The molecule has 0 aliphatic rings. The predicted octanol–water partition coefficient (Wildman–Crippen LogP) is 2.89. The molecule has 1 aromatic carbocycles. The van der Waals surface area contributed by atoms with E-state index in [4.69, 9.17) is 4.74 Å². The van der Waals surface area contributed by atoms with Crippen LogP contribution in [0.2, 0.25) is 0 Å². The minimum atomic E-state index is -0.413. The summed E-state index contributed by atoms with van der Waals surface area (Å²) in [6.07, 6.45) is 0. The second-order valence-corrected chi connectivity index (χ2v) is 4.82. The first-order valence-electron chi connectivity index (χ1n) is 6.17. The maximum Gasteiger partial charge on any atom is 0.358 e. The van der Waals surface area contributed by atoms with Gasteiger partial charge in [-0.2, -0.15) is 5.10 Å². The third-order valence-electron chi connectivity index (χ3n) is 3.13. The number of rotatable bonds is 2. The predicted molar refractivity (Wildman–Crippen MR) is 73.9 cm³/mol. The molecule has 0 aliphatic carbocycles. The van der Waals surface area contributed by atoms with E-state index in [1.54, 1.807) is 10.7 Å². The van der Waals surface area contributed by atoms with Crippen molar-refractivity contribution < 1.29 is 9.53 Å². The minimum absolute atomic E-state index is 0.333. The molecule has 0 fully saturated rings. The van der Waals surface area contributed by atoms with E-state index < -0.39 is 5.97 Å². The Balaban J connectivity index is 2.60. The van der Waals surface area contributed by atoms with E-state index in [0.29, 0.717) is 5.69 Å². The molecule has 2 rings (SSSR count). The lowest BCUT2D eigenvalue weighted by molar-refractivity contribution is 0.0593. The monoisotopic (exact) mass is 258 g/mol. The van der Waals surface area contributed by atoms with E-state index in [2.05, 4.69) is 24.2 Å². The van der Waals surface area contributed by atoms with Gasteiger partial charge in [0, 0.05) is 5.69 Å². The van der Waals surface area contributed by atoms with E-state index in [1.807, 2.05) is 20.8 Å². The molecular weight excluding hydrogens is 240 g/mol. The Kier molecular flexibility index (Phi) is 3.42. The molecule has 0 aliphatic heterocycles. The molecule has 1 aromatic heterocycles. The van der Waals surface area contributed by atoms with Crippen LogP contribution >= 0.6 is 0 Å². The highest BCUT2D eigenvalue weighted by Crippen LogP contribution is 2.22. The van der Waals surface area contributed by atoms with Crippen LogP contribution < -0.4 is 0 Å². The van der Waals surface area contributed by atoms with Gasteiger partial charge in [0.1, 0.15) is 0 Å². The fourth-order valence-corrected chi connectivity index (χ4v) is 2.41. The maximum absolute atomic E-state index is 11.5. The van der Waals surface area contributed by atoms with Gasteiger partial charge in [0.25, 0.3) is 0 Å². The summed E-state index contributed by atoms with van der Waals surface area (Å²) in [5.74, 6) is -0.413. The van der Waals surface area contributed by atoms with Crippen molar-refractivity contribution in [2.75, 3.05) is 7.11 Å². The van der Waals surface area contributed by atoms with Crippen LogP contribution in [-0.2, 0) is 4.74 Å². The van der Waals surface area contributed by atoms with Gasteiger partial charge >= 0.3 is 5.97 Å². The Morgan fingerprint density at radius 2 is 1.68 bits per heavy atom. The second-order valence-electron chi connectivity index (χ2n) is 4.82. The van der Waals surface area contributed by atoms with Crippen molar-refractivity contribution in [3.05, 3.63) is 46.3 Å². The average Bonchev–Trinajstić information content (AvgIpc) is 2.69. The maximum atomic E-state index is 11.5. The summed E-state index contributed by atoms with van der Waals surface area (Å²) < 4.78 is 6.51. The molecular formula is C15H18N2O2. The van der Waals surface area contributed by atoms with Gasteiger partial charge in [0.2, 0.25) is 0 Å². The summed E-state index contributed by atoms with van der Waals surface area (Å²) in [5, 5.41) is 4.34. The van der Waals surface area contributed by atoms with Gasteiger partial charge in [-0.25, -0.2) is 9.48 Å². The molecule has 100 valence electrons. The number of esters is 1. The number of carbonyl (C=O) groups excluding carboxylic acids is 1. The standard InChI is InChI=1S/C15H18N2O2/c1-9-6-10(2)14(11(3)7-9)17-12(4)8-13(16-17)15(18)19-5/h6-8H,1-5H3. The lowest BCUT2D eigenvalue weighted by Gasteiger charge is -2.12. The first-order chi connectivity index (χ1) is 8.93. The third-order valence-corrected chi connectivity index (χ3v) is 3.13. The lowest BCUT2D eigenvalue weighted by Crippen LogP contribution is -2.07. The zero-order valence-corrected chi connectivity index (χ0v) is 11.9. The highest BCUT2D eigenvalue weighted by Gasteiger charge is 2.15. The van der Waals surface area contributed by atoms with Gasteiger partial charge in [-0.05, 0) is 44.9 Å². The fourth-order valence-electron chi connectivity index (χ4n) is 2.41. The highest BCUT2D eigenvalue weighted by molar-refractivity contribution is 5.87. The number of methoxy groups -OCH3 is 1. The van der Waals surface area contributed by atoms with E-state index in [0.717, 1.165) is 22.5 Å². The van der Waals surface area contributed by atoms with Gasteiger partial charge in [0.05, 0.1) is 12.8 Å². The average molecular weight is 258 g/mol. The Bertz CT molecular complexity index is 619. The molecule has 19 heavy (non-hydrogen) atoms. The summed E-state index contributed by atoms with van der Waals surface area (Å²) in [7, 11) is 1.36. The van der Waals surface area contributed by atoms with E-state index in [-0.39, 0.29) is 0 Å². The second kappa shape index (κ2) is 4.88. The van der Waals surface area contributed by atoms with Crippen molar-refractivity contribution in [1.82, 2.24) is 9.78 Å². The van der Waals surface area contributed by atoms with Crippen molar-refractivity contribution in [1.29, 1.82) is 0 Å². The van der Waals surface area contributed by atoms with Crippen LogP contribution in [0.1, 0.15) is 32.9 Å². The van der Waals surface area contributed by atoms with Crippen molar-refractivity contribution in [2.24, 2.45) is 0 Å². The quantitative estimate of drug-likeness (QED) is 0.778. The Labute approximate surface area is 113 Å². The molecule has 1 heterocycles. The van der Waals surface area contributed by atoms with Gasteiger partial charge < -0.3 is 4.74 Å². The molecule has 0 spiro atoms. The molecule has 4 heteroatoms. The number of hydrogen-bond acceptors (Lipinski definition) is 3. The molecule has 0 radical (unpaired) electrons. The number of ether oxygens (including phenoxy) is 1. The van der Waals surface area contributed by atoms with Gasteiger partial charge in [-0.1, -0.05) is 17.7 Å². The minimum Gasteiger partial charge on any atom is -0.464 e. The van der Waals surface area contributed by atoms with Crippen molar-refractivity contribution in [2.45, 2.75) is 27.7 Å². The fraction of sp³-hybridized carbons (Fsp3) is 0.333. The van der Waals surface area contributed by atoms with Crippen LogP contribution in [0, 0.1) is 27.7 Å². The number of nitrogens with zero attached hydrogens (tertiary/aromatic N) is 2. The number of aryl methyl sites for hydroxylation is 4. The zero-order valence-electron chi connectivity index (χ0n) is 11.9. The molecule has 0 N–H and O–H groups in total. The summed E-state index contributed by atoms with van der Waals surface area (Å²) in [6, 6.07) is 5.97. The molecule has 0 unspecified atom stereocenters. The van der Waals surface area contributed by atoms with Crippen LogP contribution in [0.4, 0.5) is 0 Å². The van der Waals surface area contributed by atoms with E-state index in [1.165, 1.54) is 12.7 Å².